The molecule has 1 unspecified atom stereocenters. The second-order valence-electron chi connectivity index (χ2n) is 8.08. The predicted molar refractivity (Wildman–Crippen MR) is 113 cm³/mol. The number of aryl methyl sites for hydroxylation is 1. The highest BCUT2D eigenvalue weighted by Gasteiger charge is 2.24. The third-order valence-corrected chi connectivity index (χ3v) is 5.85. The summed E-state index contributed by atoms with van der Waals surface area (Å²) in [5, 5.41) is 3.62. The van der Waals surface area contributed by atoms with Crippen molar-refractivity contribution >= 4 is 5.96 Å². The van der Waals surface area contributed by atoms with Crippen LogP contribution in [0.5, 0.6) is 0 Å². The number of piperazine rings is 2. The molecule has 1 aromatic rings. The Bertz CT molecular complexity index is 623. The number of hydrogen-bond donors (Lipinski definition) is 1. The maximum absolute atomic E-state index is 4.54. The molecule has 6 nitrogen and oxygen atoms in total. The number of guanidine groups is 1. The smallest absolute Gasteiger partial charge is 0.193 e. The molecule has 2 heterocycles. The van der Waals surface area contributed by atoms with Crippen LogP contribution in [0.15, 0.2) is 29.3 Å². The van der Waals surface area contributed by atoms with Crippen molar-refractivity contribution < 1.29 is 0 Å². The molecule has 150 valence electrons. The molecule has 2 aliphatic rings. The zero-order chi connectivity index (χ0) is 19.2. The first-order valence-corrected chi connectivity index (χ1v) is 10.2. The monoisotopic (exact) mass is 372 g/mol. The van der Waals surface area contributed by atoms with Crippen LogP contribution >= 0.6 is 0 Å². The molecule has 0 radical (unpaired) electrons. The first-order valence-electron chi connectivity index (χ1n) is 10.2. The lowest BCUT2D eigenvalue weighted by Gasteiger charge is -2.40. The fourth-order valence-corrected chi connectivity index (χ4v) is 4.05. The van der Waals surface area contributed by atoms with E-state index in [0.717, 1.165) is 64.9 Å². The number of nitrogens with one attached hydrogen (secondary N) is 1. The van der Waals surface area contributed by atoms with Gasteiger partial charge in [-0.05, 0) is 26.6 Å². The molecule has 0 bridgehead atoms. The molecule has 1 atom stereocenters. The molecule has 1 aromatic carbocycles. The van der Waals surface area contributed by atoms with Crippen molar-refractivity contribution in [3.8, 4) is 0 Å². The molecule has 3 rings (SSSR count). The normalized spacial score (nSPS) is 23.6. The first-order chi connectivity index (χ1) is 13.0. The van der Waals surface area contributed by atoms with E-state index in [0.29, 0.717) is 6.04 Å². The summed E-state index contributed by atoms with van der Waals surface area (Å²) in [4.78, 5) is 14.4. The topological polar surface area (TPSA) is 37.4 Å². The Kier molecular flexibility index (Phi) is 7.10. The van der Waals surface area contributed by atoms with Crippen LogP contribution < -0.4 is 5.32 Å². The second-order valence-corrected chi connectivity index (χ2v) is 8.08. The summed E-state index contributed by atoms with van der Waals surface area (Å²) >= 11 is 0. The summed E-state index contributed by atoms with van der Waals surface area (Å²) in [5.41, 5.74) is 2.75. The number of hydrogen-bond acceptors (Lipinski definition) is 4. The van der Waals surface area contributed by atoms with E-state index in [-0.39, 0.29) is 0 Å². The predicted octanol–water partition coefficient (Wildman–Crippen LogP) is 0.934. The van der Waals surface area contributed by atoms with Gasteiger partial charge in [0.15, 0.2) is 5.96 Å². The van der Waals surface area contributed by atoms with Crippen molar-refractivity contribution in [2.45, 2.75) is 19.5 Å². The highest BCUT2D eigenvalue weighted by molar-refractivity contribution is 5.80. The maximum Gasteiger partial charge on any atom is 0.193 e. The fraction of sp³-hybridized carbons (Fsp3) is 0.667. The van der Waals surface area contributed by atoms with E-state index < -0.39 is 0 Å². The average Bonchev–Trinajstić information content (AvgIpc) is 2.66. The van der Waals surface area contributed by atoms with E-state index in [9.17, 15) is 0 Å². The highest BCUT2D eigenvalue weighted by Crippen LogP contribution is 2.11. The van der Waals surface area contributed by atoms with E-state index in [4.69, 9.17) is 0 Å². The van der Waals surface area contributed by atoms with Gasteiger partial charge in [0.2, 0.25) is 0 Å². The molecule has 1 N–H and O–H groups in total. The fourth-order valence-electron chi connectivity index (χ4n) is 4.05. The van der Waals surface area contributed by atoms with Crippen LogP contribution in [0.4, 0.5) is 0 Å². The molecule has 6 heteroatoms. The van der Waals surface area contributed by atoms with Gasteiger partial charge in [-0.1, -0.05) is 29.8 Å². The number of nitrogens with zero attached hydrogens (tertiary/aromatic N) is 5. The molecule has 0 amide bonds. The molecular weight excluding hydrogens is 336 g/mol. The maximum atomic E-state index is 4.54. The van der Waals surface area contributed by atoms with E-state index >= 15 is 0 Å². The van der Waals surface area contributed by atoms with Gasteiger partial charge in [0, 0.05) is 72.0 Å². The average molecular weight is 373 g/mol. The summed E-state index contributed by atoms with van der Waals surface area (Å²) < 4.78 is 0. The van der Waals surface area contributed by atoms with Gasteiger partial charge in [0.25, 0.3) is 0 Å². The van der Waals surface area contributed by atoms with Crippen LogP contribution in [0.25, 0.3) is 0 Å². The number of benzene rings is 1. The van der Waals surface area contributed by atoms with E-state index in [1.165, 1.54) is 11.1 Å². The molecule has 27 heavy (non-hydrogen) atoms. The van der Waals surface area contributed by atoms with Crippen molar-refractivity contribution in [2.75, 3.05) is 73.5 Å². The van der Waals surface area contributed by atoms with E-state index in [1.807, 2.05) is 7.05 Å². The first kappa shape index (κ1) is 20.1. The van der Waals surface area contributed by atoms with Crippen molar-refractivity contribution in [3.63, 3.8) is 0 Å². The Morgan fingerprint density at radius 1 is 1.11 bits per heavy atom. The number of likely N-dealkylation sites (N-methyl/N-ethyl adjacent to an activating group) is 2. The zero-order valence-corrected chi connectivity index (χ0v) is 17.5. The highest BCUT2D eigenvalue weighted by atomic mass is 15.4. The Morgan fingerprint density at radius 2 is 1.89 bits per heavy atom. The van der Waals surface area contributed by atoms with E-state index in [1.54, 1.807) is 0 Å². The number of aliphatic imine (C=N–C) groups is 1. The summed E-state index contributed by atoms with van der Waals surface area (Å²) in [6.45, 7) is 11.8. The lowest BCUT2D eigenvalue weighted by atomic mass is 10.1. The molecule has 0 saturated carbocycles. The van der Waals surface area contributed by atoms with Gasteiger partial charge < -0.3 is 15.1 Å². The van der Waals surface area contributed by atoms with Gasteiger partial charge in [-0.2, -0.15) is 0 Å². The van der Waals surface area contributed by atoms with Gasteiger partial charge in [-0.15, -0.1) is 0 Å². The molecular formula is C21H36N6. The van der Waals surface area contributed by atoms with Crippen molar-refractivity contribution in [1.29, 1.82) is 0 Å². The minimum atomic E-state index is 0.545. The third kappa shape index (κ3) is 5.67. The summed E-state index contributed by atoms with van der Waals surface area (Å²) in [6, 6.07) is 9.40. The Morgan fingerprint density at radius 3 is 2.59 bits per heavy atom. The molecule has 0 spiro atoms. The van der Waals surface area contributed by atoms with Crippen LogP contribution in [0, 0.1) is 6.92 Å². The standard InChI is InChI=1S/C21H36N6/c1-18-6-5-7-19(14-18)16-26-10-12-27(13-11-26)21(22-2)23-15-20-17-24(3)8-9-25(20)4/h5-7,14,20H,8-13,15-17H2,1-4H3,(H,22,23). The van der Waals surface area contributed by atoms with Crippen LogP contribution in [0.1, 0.15) is 11.1 Å². The van der Waals surface area contributed by atoms with Gasteiger partial charge in [0.05, 0.1) is 0 Å². The molecule has 0 aliphatic carbocycles. The summed E-state index contributed by atoms with van der Waals surface area (Å²) in [5.74, 6) is 1.05. The Balaban J connectivity index is 1.46. The van der Waals surface area contributed by atoms with Crippen LogP contribution in [0.2, 0.25) is 0 Å². The quantitative estimate of drug-likeness (QED) is 0.629. The molecule has 0 aromatic heterocycles. The molecule has 2 aliphatic heterocycles. The minimum absolute atomic E-state index is 0.545. The van der Waals surface area contributed by atoms with E-state index in [2.05, 4.69) is 75.2 Å². The summed E-state index contributed by atoms with van der Waals surface area (Å²) in [7, 11) is 6.34. The Labute approximate surface area is 164 Å². The van der Waals surface area contributed by atoms with Crippen LogP contribution in [-0.4, -0.2) is 105 Å². The Hall–Kier alpha value is -1.63. The van der Waals surface area contributed by atoms with Gasteiger partial charge >= 0.3 is 0 Å². The zero-order valence-electron chi connectivity index (χ0n) is 17.5. The minimum Gasteiger partial charge on any atom is -0.355 e. The van der Waals surface area contributed by atoms with Crippen molar-refractivity contribution in [2.24, 2.45) is 4.99 Å². The van der Waals surface area contributed by atoms with Gasteiger partial charge in [-0.3, -0.25) is 14.8 Å². The number of rotatable bonds is 4. The molecule has 2 saturated heterocycles. The third-order valence-electron chi connectivity index (χ3n) is 5.85. The molecule has 2 fully saturated rings. The second kappa shape index (κ2) is 9.53. The van der Waals surface area contributed by atoms with Crippen molar-refractivity contribution in [3.05, 3.63) is 35.4 Å². The van der Waals surface area contributed by atoms with Crippen molar-refractivity contribution in [1.82, 2.24) is 24.9 Å². The SMILES string of the molecule is CN=C(NCC1CN(C)CCN1C)N1CCN(Cc2cccc(C)c2)CC1. The lowest BCUT2D eigenvalue weighted by molar-refractivity contribution is 0.115. The lowest BCUT2D eigenvalue weighted by Crippen LogP contribution is -2.57. The van der Waals surface area contributed by atoms with Gasteiger partial charge in [0.1, 0.15) is 0 Å². The van der Waals surface area contributed by atoms with Crippen LogP contribution in [-0.2, 0) is 6.54 Å². The van der Waals surface area contributed by atoms with Crippen LogP contribution in [0.3, 0.4) is 0 Å². The summed E-state index contributed by atoms with van der Waals surface area (Å²) in [6.07, 6.45) is 0. The van der Waals surface area contributed by atoms with Gasteiger partial charge in [-0.25, -0.2) is 0 Å². The largest absolute Gasteiger partial charge is 0.355 e.